The van der Waals surface area contributed by atoms with Crippen LogP contribution in [0.5, 0.6) is 28.7 Å². The molecule has 1 amide bonds. The summed E-state index contributed by atoms with van der Waals surface area (Å²) in [6.45, 7) is 8.98. The van der Waals surface area contributed by atoms with E-state index < -0.39 is 22.7 Å². The predicted octanol–water partition coefficient (Wildman–Crippen LogP) is 8.32. The number of amides is 1. The van der Waals surface area contributed by atoms with E-state index in [9.17, 15) is 25.1 Å². The van der Waals surface area contributed by atoms with Gasteiger partial charge in [-0.15, -0.1) is 6.58 Å². The fourth-order valence-electron chi connectivity index (χ4n) is 9.49. The number of oxime groups is 1. The topological polar surface area (TPSA) is 172 Å². The lowest BCUT2D eigenvalue weighted by Crippen LogP contribution is -2.70. The number of allylic oxidation sites excluding steroid dienone is 1. The Morgan fingerprint density at radius 3 is 2.52 bits per heavy atom. The number of carbonyl (C=O) groups is 1. The maximum atomic E-state index is 15.0. The summed E-state index contributed by atoms with van der Waals surface area (Å²) in [6.07, 6.45) is 9.29. The lowest BCUT2D eigenvalue weighted by atomic mass is 9.55. The van der Waals surface area contributed by atoms with Crippen LogP contribution in [0.3, 0.4) is 0 Å². The Morgan fingerprint density at radius 1 is 1.00 bits per heavy atom. The molecule has 14 nitrogen and oxygen atoms in total. The van der Waals surface area contributed by atoms with Crippen LogP contribution in [-0.4, -0.2) is 83.2 Å². The summed E-state index contributed by atoms with van der Waals surface area (Å²) < 4.78 is 31.9. The quantitative estimate of drug-likeness (QED) is 0.0486. The molecule has 320 valence electrons. The number of carbonyl (C=O) groups excluding carboxylic acids is 1. The largest absolute Gasteiger partial charge is 0.459 e. The van der Waals surface area contributed by atoms with Gasteiger partial charge in [0.25, 0.3) is 11.6 Å². The van der Waals surface area contributed by atoms with Crippen molar-refractivity contribution >= 4 is 17.3 Å². The highest BCUT2D eigenvalue weighted by molar-refractivity contribution is 6.03. The zero-order chi connectivity index (χ0) is 42.2. The van der Waals surface area contributed by atoms with Crippen LogP contribution in [-0.2, 0) is 9.57 Å². The highest BCUT2D eigenvalue weighted by Crippen LogP contribution is 2.62. The molecule has 3 aromatic carbocycles. The number of aliphatic hydroxyl groups is 2. The third-order valence-corrected chi connectivity index (χ3v) is 11.9. The summed E-state index contributed by atoms with van der Waals surface area (Å²) in [5.41, 5.74) is 2.83. The van der Waals surface area contributed by atoms with Gasteiger partial charge >= 0.3 is 0 Å². The number of aliphatic hydroxyl groups excluding tert-OH is 2. The monoisotopic (exact) mass is 825 g/mol. The minimum absolute atomic E-state index is 0.00249. The predicted molar refractivity (Wildman–Crippen MR) is 224 cm³/mol. The highest BCUT2D eigenvalue weighted by atomic mass is 16.7. The van der Waals surface area contributed by atoms with Crippen molar-refractivity contribution in [3.8, 4) is 28.7 Å². The van der Waals surface area contributed by atoms with Crippen LogP contribution in [0.4, 0.5) is 5.69 Å². The zero-order valence-electron chi connectivity index (χ0n) is 34.3. The first kappa shape index (κ1) is 42.7. The Balaban J connectivity index is 1.43. The van der Waals surface area contributed by atoms with Gasteiger partial charge < -0.3 is 43.6 Å². The minimum atomic E-state index is -1.43. The van der Waals surface area contributed by atoms with Crippen LogP contribution >= 0.6 is 0 Å². The van der Waals surface area contributed by atoms with Crippen molar-refractivity contribution in [3.63, 3.8) is 0 Å². The molecule has 0 aromatic heterocycles. The van der Waals surface area contributed by atoms with E-state index in [0.717, 1.165) is 36.8 Å². The normalized spacial score (nSPS) is 24.1. The Kier molecular flexibility index (Phi) is 13.7. The standard InChI is InChI=1S/C46H55N3O11/c1-4-20-48(45(52)31-16-18-40-41(25-31)56-29-55-40)42-28-38(47-58-6-3)36-24-30(12-7-9-21-50)35(15-8-10-22-51)43-37-27-34(59-33-14-11-13-32(26-33)49(53)54)17-19-39(37)60-46(42,44(36)43)57-23-5-2/h5,11,13-14,16-19,24-27,30,35,42-44,50-51H,2,4,6-10,12,15,20-23,28-29H2,1,3H3. The van der Waals surface area contributed by atoms with E-state index in [-0.39, 0.29) is 62.4 Å². The van der Waals surface area contributed by atoms with Crippen LogP contribution in [0.25, 0.3) is 0 Å². The second-order valence-corrected chi connectivity index (χ2v) is 15.6. The van der Waals surface area contributed by atoms with Crippen LogP contribution in [0.2, 0.25) is 0 Å². The molecule has 0 bridgehead atoms. The molecule has 7 rings (SSSR count). The van der Waals surface area contributed by atoms with Crippen LogP contribution in [0.1, 0.15) is 87.1 Å². The second-order valence-electron chi connectivity index (χ2n) is 15.6. The molecule has 0 radical (unpaired) electrons. The van der Waals surface area contributed by atoms with E-state index in [1.54, 1.807) is 42.5 Å². The van der Waals surface area contributed by atoms with Gasteiger partial charge in [0.05, 0.1) is 29.2 Å². The third-order valence-electron chi connectivity index (χ3n) is 11.9. The summed E-state index contributed by atoms with van der Waals surface area (Å²) >= 11 is 0. The van der Waals surface area contributed by atoms with Crippen molar-refractivity contribution in [1.82, 2.24) is 4.90 Å². The summed E-state index contributed by atoms with van der Waals surface area (Å²) in [4.78, 5) is 33.8. The molecule has 2 N–H and O–H groups in total. The van der Waals surface area contributed by atoms with Gasteiger partial charge in [-0.3, -0.25) is 14.9 Å². The number of benzene rings is 3. The molecule has 14 heteroatoms. The molecule has 3 aromatic rings. The number of rotatable bonds is 20. The average molecular weight is 826 g/mol. The van der Waals surface area contributed by atoms with E-state index in [2.05, 4.69) is 12.7 Å². The van der Waals surface area contributed by atoms with Crippen molar-refractivity contribution in [2.45, 2.75) is 83.0 Å². The fourth-order valence-corrected chi connectivity index (χ4v) is 9.49. The maximum absolute atomic E-state index is 15.0. The van der Waals surface area contributed by atoms with Crippen LogP contribution < -0.4 is 18.9 Å². The van der Waals surface area contributed by atoms with Crippen molar-refractivity contribution < 1.29 is 48.5 Å². The molecule has 60 heavy (non-hydrogen) atoms. The van der Waals surface area contributed by atoms with Crippen molar-refractivity contribution in [1.29, 1.82) is 0 Å². The van der Waals surface area contributed by atoms with E-state index >= 15 is 0 Å². The van der Waals surface area contributed by atoms with E-state index in [1.165, 1.54) is 12.1 Å². The minimum Gasteiger partial charge on any atom is -0.459 e. The fraction of sp³-hybridized carbons (Fsp3) is 0.478. The number of hydrogen-bond donors (Lipinski definition) is 2. The third kappa shape index (κ3) is 8.59. The Morgan fingerprint density at radius 2 is 1.77 bits per heavy atom. The molecule has 6 atom stereocenters. The van der Waals surface area contributed by atoms with E-state index in [4.69, 9.17) is 33.7 Å². The average Bonchev–Trinajstić information content (AvgIpc) is 3.74. The van der Waals surface area contributed by atoms with Gasteiger partial charge in [0.15, 0.2) is 11.5 Å². The first-order valence-electron chi connectivity index (χ1n) is 21.1. The van der Waals surface area contributed by atoms with Gasteiger partial charge in [-0.25, -0.2) is 0 Å². The molecule has 4 aliphatic rings. The van der Waals surface area contributed by atoms with E-state index in [0.29, 0.717) is 72.4 Å². The Labute approximate surface area is 350 Å². The molecule has 2 aliphatic heterocycles. The molecule has 1 saturated carbocycles. The number of nitro groups is 1. The number of hydrogen-bond acceptors (Lipinski definition) is 12. The lowest BCUT2D eigenvalue weighted by Gasteiger charge is -2.60. The van der Waals surface area contributed by atoms with Gasteiger partial charge in [-0.1, -0.05) is 43.1 Å². The van der Waals surface area contributed by atoms with E-state index in [1.807, 2.05) is 30.9 Å². The number of fused-ring (bicyclic) bond motifs is 3. The molecular formula is C46H55N3O11. The number of nitro benzene ring substituents is 1. The summed E-state index contributed by atoms with van der Waals surface area (Å²) in [5.74, 6) is 0.0315. The molecule has 6 unspecified atom stereocenters. The number of ether oxygens (including phenoxy) is 5. The molecule has 2 heterocycles. The van der Waals surface area contributed by atoms with Crippen molar-refractivity contribution in [2.75, 3.05) is 39.8 Å². The summed E-state index contributed by atoms with van der Waals surface area (Å²) in [5, 5.41) is 36.2. The van der Waals surface area contributed by atoms with Gasteiger partial charge in [0, 0.05) is 49.3 Å². The van der Waals surface area contributed by atoms with Crippen LogP contribution in [0.15, 0.2) is 90.1 Å². The first-order valence-corrected chi connectivity index (χ1v) is 21.1. The highest BCUT2D eigenvalue weighted by Gasteiger charge is 2.65. The van der Waals surface area contributed by atoms with Gasteiger partial charge in [-0.05, 0) is 98.9 Å². The SMILES string of the molecule is C=CCOC12Oc3ccc(Oc4cccc([N+](=O)[O-])c4)cc3C3C(CCCCO)C(CCCCO)C=C(C(=NOCC)CC1N(CCC)C(=O)c1ccc4c(c1)OCO4)C32. The number of unbranched alkanes of at least 4 members (excludes halogenated alkanes) is 2. The van der Waals surface area contributed by atoms with Crippen molar-refractivity contribution in [3.05, 3.63) is 106 Å². The summed E-state index contributed by atoms with van der Waals surface area (Å²) in [6, 6.07) is 16.2. The molecule has 2 aliphatic carbocycles. The Hall–Kier alpha value is -5.44. The van der Waals surface area contributed by atoms with Gasteiger partial charge in [0.2, 0.25) is 12.6 Å². The number of non-ortho nitro benzene ring substituents is 1. The maximum Gasteiger partial charge on any atom is 0.273 e. The van der Waals surface area contributed by atoms with Gasteiger partial charge in [-0.2, -0.15) is 0 Å². The second kappa shape index (κ2) is 19.3. The molecule has 0 spiro atoms. The Bertz CT molecular complexity index is 2090. The summed E-state index contributed by atoms with van der Waals surface area (Å²) in [7, 11) is 0. The number of nitrogens with zero attached hydrogens (tertiary/aromatic N) is 3. The smallest absolute Gasteiger partial charge is 0.273 e. The zero-order valence-corrected chi connectivity index (χ0v) is 34.3. The lowest BCUT2D eigenvalue weighted by molar-refractivity contribution is -0.384. The first-order chi connectivity index (χ1) is 29.3. The van der Waals surface area contributed by atoms with Crippen LogP contribution in [0, 0.1) is 27.9 Å². The van der Waals surface area contributed by atoms with Crippen molar-refractivity contribution in [2.24, 2.45) is 22.9 Å². The van der Waals surface area contributed by atoms with Gasteiger partial charge in [0.1, 0.15) is 29.9 Å². The molecule has 0 saturated heterocycles. The molecule has 1 fully saturated rings. The molecular weight excluding hydrogens is 771 g/mol.